The van der Waals surface area contributed by atoms with Crippen LogP contribution in [0.4, 0.5) is 17.1 Å². The Morgan fingerprint density at radius 2 is 1.60 bits per heavy atom. The first-order chi connectivity index (χ1) is 9.27. The molecule has 2 nitrogen and oxygen atoms in total. The summed E-state index contributed by atoms with van der Waals surface area (Å²) in [7, 11) is 0. The summed E-state index contributed by atoms with van der Waals surface area (Å²) in [4.78, 5) is 0. The van der Waals surface area contributed by atoms with Gasteiger partial charge in [0.15, 0.2) is 0 Å². The van der Waals surface area contributed by atoms with Crippen molar-refractivity contribution in [1.29, 1.82) is 0 Å². The van der Waals surface area contributed by atoms with E-state index in [1.807, 2.05) is 12.1 Å². The van der Waals surface area contributed by atoms with Crippen molar-refractivity contribution in [2.75, 3.05) is 11.1 Å². The highest BCUT2D eigenvalue weighted by atomic mass is 14.9. The Kier molecular flexibility index (Phi) is 3.76. The molecule has 0 unspecified atom stereocenters. The van der Waals surface area contributed by atoms with Crippen molar-refractivity contribution in [3.63, 3.8) is 0 Å². The van der Waals surface area contributed by atoms with E-state index in [1.54, 1.807) is 0 Å². The molecule has 2 aromatic rings. The third kappa shape index (κ3) is 3.13. The van der Waals surface area contributed by atoms with Crippen molar-refractivity contribution >= 4 is 17.1 Å². The Morgan fingerprint density at radius 1 is 0.900 bits per heavy atom. The molecule has 0 aliphatic carbocycles. The van der Waals surface area contributed by atoms with Crippen molar-refractivity contribution in [2.45, 2.75) is 40.0 Å². The average Bonchev–Trinajstić information content (AvgIpc) is 2.35. The van der Waals surface area contributed by atoms with E-state index < -0.39 is 0 Å². The Labute approximate surface area is 122 Å². The van der Waals surface area contributed by atoms with Crippen molar-refractivity contribution in [1.82, 2.24) is 0 Å². The maximum Gasteiger partial charge on any atom is 0.0620 e. The number of anilines is 3. The molecular formula is C18H24N2. The summed E-state index contributed by atoms with van der Waals surface area (Å²) >= 11 is 0. The lowest BCUT2D eigenvalue weighted by Gasteiger charge is -2.21. The molecule has 0 aromatic heterocycles. The molecule has 20 heavy (non-hydrogen) atoms. The lowest BCUT2D eigenvalue weighted by molar-refractivity contribution is 0.590. The fourth-order valence-corrected chi connectivity index (χ4v) is 2.19. The third-order valence-electron chi connectivity index (χ3n) is 3.57. The smallest absolute Gasteiger partial charge is 0.0620 e. The van der Waals surface area contributed by atoms with E-state index in [4.69, 9.17) is 5.73 Å². The molecule has 0 atom stereocenters. The largest absolute Gasteiger partial charge is 0.397 e. The number of hydrogen-bond donors (Lipinski definition) is 2. The van der Waals surface area contributed by atoms with Crippen LogP contribution in [-0.2, 0) is 5.41 Å². The standard InChI is InChI=1S/C18H24N2/c1-12-6-8-15(19)17(10-12)20-16-9-7-14(11-13(16)2)18(3,4)5/h6-11,20H,19H2,1-5H3. The van der Waals surface area contributed by atoms with Crippen LogP contribution in [0.25, 0.3) is 0 Å². The van der Waals surface area contributed by atoms with Crippen LogP contribution in [0.2, 0.25) is 0 Å². The van der Waals surface area contributed by atoms with E-state index in [2.05, 4.69) is 64.2 Å². The van der Waals surface area contributed by atoms with Gasteiger partial charge in [0.1, 0.15) is 0 Å². The predicted octanol–water partition coefficient (Wildman–Crippen LogP) is 4.93. The first kappa shape index (κ1) is 14.4. The van der Waals surface area contributed by atoms with Gasteiger partial charge in [-0.3, -0.25) is 0 Å². The van der Waals surface area contributed by atoms with Crippen LogP contribution >= 0.6 is 0 Å². The minimum Gasteiger partial charge on any atom is -0.397 e. The molecule has 0 spiro atoms. The maximum atomic E-state index is 6.02. The summed E-state index contributed by atoms with van der Waals surface area (Å²) in [5.41, 5.74) is 12.8. The van der Waals surface area contributed by atoms with Gasteiger partial charge in [0.25, 0.3) is 0 Å². The van der Waals surface area contributed by atoms with Crippen LogP contribution in [0, 0.1) is 13.8 Å². The highest BCUT2D eigenvalue weighted by molar-refractivity contribution is 5.74. The fraction of sp³-hybridized carbons (Fsp3) is 0.333. The first-order valence-corrected chi connectivity index (χ1v) is 7.01. The van der Waals surface area contributed by atoms with Crippen molar-refractivity contribution in [3.05, 3.63) is 53.1 Å². The summed E-state index contributed by atoms with van der Waals surface area (Å²) in [6.45, 7) is 10.9. The minimum absolute atomic E-state index is 0.172. The zero-order chi connectivity index (χ0) is 14.9. The van der Waals surface area contributed by atoms with Gasteiger partial charge in [0.05, 0.1) is 11.4 Å². The van der Waals surface area contributed by atoms with Crippen molar-refractivity contribution < 1.29 is 0 Å². The quantitative estimate of drug-likeness (QED) is 0.758. The normalized spacial score (nSPS) is 11.4. The van der Waals surface area contributed by atoms with E-state index in [0.29, 0.717) is 0 Å². The van der Waals surface area contributed by atoms with Gasteiger partial charge < -0.3 is 11.1 Å². The van der Waals surface area contributed by atoms with E-state index >= 15 is 0 Å². The lowest BCUT2D eigenvalue weighted by Crippen LogP contribution is -2.11. The van der Waals surface area contributed by atoms with Gasteiger partial charge in [-0.1, -0.05) is 39.0 Å². The lowest BCUT2D eigenvalue weighted by atomic mass is 9.86. The number of nitrogens with two attached hydrogens (primary N) is 1. The summed E-state index contributed by atoms with van der Waals surface area (Å²) in [6.07, 6.45) is 0. The Balaban J connectivity index is 2.33. The van der Waals surface area contributed by atoms with Gasteiger partial charge in [-0.2, -0.15) is 0 Å². The Hall–Kier alpha value is -1.96. The number of nitrogens with one attached hydrogen (secondary N) is 1. The highest BCUT2D eigenvalue weighted by Crippen LogP contribution is 2.30. The van der Waals surface area contributed by atoms with Crippen molar-refractivity contribution in [2.24, 2.45) is 0 Å². The molecule has 2 rings (SSSR count). The topological polar surface area (TPSA) is 38.0 Å². The van der Waals surface area contributed by atoms with Crippen LogP contribution in [0.1, 0.15) is 37.5 Å². The molecule has 0 amide bonds. The summed E-state index contributed by atoms with van der Waals surface area (Å²) < 4.78 is 0. The van der Waals surface area contributed by atoms with E-state index in [0.717, 1.165) is 17.1 Å². The third-order valence-corrected chi connectivity index (χ3v) is 3.57. The molecule has 0 aliphatic heterocycles. The Morgan fingerprint density at radius 3 is 2.20 bits per heavy atom. The minimum atomic E-state index is 0.172. The molecule has 0 fully saturated rings. The molecule has 2 heteroatoms. The number of rotatable bonds is 2. The zero-order valence-electron chi connectivity index (χ0n) is 13.0. The molecule has 0 saturated heterocycles. The first-order valence-electron chi connectivity index (χ1n) is 7.01. The fourth-order valence-electron chi connectivity index (χ4n) is 2.19. The second-order valence-electron chi connectivity index (χ2n) is 6.50. The van der Waals surface area contributed by atoms with Gasteiger partial charge in [0.2, 0.25) is 0 Å². The second kappa shape index (κ2) is 5.20. The zero-order valence-corrected chi connectivity index (χ0v) is 13.0. The van der Waals surface area contributed by atoms with Gasteiger partial charge in [0, 0.05) is 5.69 Å². The molecule has 0 aliphatic rings. The Bertz CT molecular complexity index is 622. The number of nitrogen functional groups attached to an aromatic ring is 1. The van der Waals surface area contributed by atoms with E-state index in [1.165, 1.54) is 16.7 Å². The average molecular weight is 268 g/mol. The van der Waals surface area contributed by atoms with Crippen LogP contribution < -0.4 is 11.1 Å². The number of benzene rings is 2. The number of hydrogen-bond acceptors (Lipinski definition) is 2. The molecule has 0 saturated carbocycles. The summed E-state index contributed by atoms with van der Waals surface area (Å²) in [5.74, 6) is 0. The van der Waals surface area contributed by atoms with Crippen LogP contribution in [0.15, 0.2) is 36.4 Å². The second-order valence-corrected chi connectivity index (χ2v) is 6.50. The van der Waals surface area contributed by atoms with Crippen LogP contribution in [0.3, 0.4) is 0 Å². The monoisotopic (exact) mass is 268 g/mol. The molecular weight excluding hydrogens is 244 g/mol. The highest BCUT2D eigenvalue weighted by Gasteiger charge is 2.14. The van der Waals surface area contributed by atoms with Crippen molar-refractivity contribution in [3.8, 4) is 0 Å². The van der Waals surface area contributed by atoms with E-state index in [-0.39, 0.29) is 5.41 Å². The van der Waals surface area contributed by atoms with Gasteiger partial charge >= 0.3 is 0 Å². The molecule has 106 valence electrons. The van der Waals surface area contributed by atoms with Crippen LogP contribution in [0.5, 0.6) is 0 Å². The maximum absolute atomic E-state index is 6.02. The molecule has 0 heterocycles. The molecule has 2 aromatic carbocycles. The SMILES string of the molecule is Cc1ccc(N)c(Nc2ccc(C(C)(C)C)cc2C)c1. The predicted molar refractivity (Wildman–Crippen MR) is 88.8 cm³/mol. The van der Waals surface area contributed by atoms with E-state index in [9.17, 15) is 0 Å². The number of aryl methyl sites for hydroxylation is 2. The summed E-state index contributed by atoms with van der Waals surface area (Å²) in [6, 6.07) is 12.6. The molecule has 3 N–H and O–H groups in total. The molecule has 0 bridgehead atoms. The van der Waals surface area contributed by atoms with Gasteiger partial charge in [-0.05, 0) is 54.2 Å². The van der Waals surface area contributed by atoms with Gasteiger partial charge in [-0.25, -0.2) is 0 Å². The summed E-state index contributed by atoms with van der Waals surface area (Å²) in [5, 5.41) is 3.43. The molecule has 0 radical (unpaired) electrons. The van der Waals surface area contributed by atoms with Crippen LogP contribution in [-0.4, -0.2) is 0 Å². The van der Waals surface area contributed by atoms with Gasteiger partial charge in [-0.15, -0.1) is 0 Å².